The molecule has 0 radical (unpaired) electrons. The Balaban J connectivity index is 1.96. The number of nitrogens with one attached hydrogen (secondary N) is 1. The summed E-state index contributed by atoms with van der Waals surface area (Å²) in [6, 6.07) is 3.23. The monoisotopic (exact) mass is 384 g/mol. The van der Waals surface area contributed by atoms with Crippen molar-refractivity contribution < 1.29 is 19.0 Å². The Kier molecular flexibility index (Phi) is 8.00. The van der Waals surface area contributed by atoms with Crippen LogP contribution < -0.4 is 14.8 Å². The lowest BCUT2D eigenvalue weighted by Crippen LogP contribution is -2.48. The first-order valence-corrected chi connectivity index (χ1v) is 9.44. The average Bonchev–Trinajstić information content (AvgIpc) is 2.61. The summed E-state index contributed by atoms with van der Waals surface area (Å²) in [5, 5.41) is 3.28. The van der Waals surface area contributed by atoms with Gasteiger partial charge in [0.2, 0.25) is 0 Å². The number of benzene rings is 1. The maximum absolute atomic E-state index is 12.5. The van der Waals surface area contributed by atoms with Gasteiger partial charge in [0, 0.05) is 31.7 Å². The lowest BCUT2D eigenvalue weighted by atomic mass is 10.1. The van der Waals surface area contributed by atoms with Crippen LogP contribution in [0.25, 0.3) is 0 Å². The molecule has 1 amide bonds. The number of carbonyl (C=O) groups excluding carboxylic acids is 1. The highest BCUT2D eigenvalue weighted by molar-refractivity contribution is 6.32. The van der Waals surface area contributed by atoms with Crippen LogP contribution >= 0.6 is 11.6 Å². The van der Waals surface area contributed by atoms with E-state index in [1.54, 1.807) is 12.1 Å². The maximum Gasteiger partial charge on any atom is 0.251 e. The van der Waals surface area contributed by atoms with Gasteiger partial charge in [-0.2, -0.15) is 0 Å². The topological polar surface area (TPSA) is 60.0 Å². The number of morpholine rings is 1. The number of hydrogen-bond donors (Lipinski definition) is 1. The molecule has 1 aliphatic rings. The average molecular weight is 385 g/mol. The third kappa shape index (κ3) is 5.76. The molecule has 146 valence electrons. The molecule has 26 heavy (non-hydrogen) atoms. The van der Waals surface area contributed by atoms with E-state index in [2.05, 4.69) is 24.1 Å². The second-order valence-corrected chi connectivity index (χ2v) is 7.19. The number of ether oxygens (including phenoxy) is 3. The lowest BCUT2D eigenvalue weighted by molar-refractivity contribution is -0.0295. The van der Waals surface area contributed by atoms with Crippen LogP contribution in [0.15, 0.2) is 12.1 Å². The molecule has 0 saturated carbocycles. The number of halogens is 1. The highest BCUT2D eigenvalue weighted by Crippen LogP contribution is 2.36. The van der Waals surface area contributed by atoms with E-state index in [0.717, 1.165) is 19.6 Å². The molecule has 0 bridgehead atoms. The van der Waals surface area contributed by atoms with Crippen molar-refractivity contribution >= 4 is 17.5 Å². The molecule has 1 fully saturated rings. The van der Waals surface area contributed by atoms with Gasteiger partial charge in [-0.3, -0.25) is 9.69 Å². The molecule has 1 saturated heterocycles. The molecule has 1 aromatic carbocycles. The molecule has 2 rings (SSSR count). The van der Waals surface area contributed by atoms with E-state index < -0.39 is 0 Å². The van der Waals surface area contributed by atoms with E-state index in [9.17, 15) is 4.79 Å². The summed E-state index contributed by atoms with van der Waals surface area (Å²) in [5.74, 6) is 1.30. The smallest absolute Gasteiger partial charge is 0.251 e. The van der Waals surface area contributed by atoms with Crippen molar-refractivity contribution in [2.75, 3.05) is 46.5 Å². The zero-order valence-electron chi connectivity index (χ0n) is 16.0. The number of rotatable bonds is 8. The first-order valence-electron chi connectivity index (χ1n) is 9.07. The number of hydrogen-bond acceptors (Lipinski definition) is 5. The van der Waals surface area contributed by atoms with Crippen molar-refractivity contribution in [1.82, 2.24) is 10.2 Å². The summed E-state index contributed by atoms with van der Waals surface area (Å²) in [7, 11) is 1.52. The lowest BCUT2D eigenvalue weighted by Gasteiger charge is -2.33. The van der Waals surface area contributed by atoms with Gasteiger partial charge in [-0.05, 0) is 25.0 Å². The van der Waals surface area contributed by atoms with Gasteiger partial charge < -0.3 is 19.5 Å². The highest BCUT2D eigenvalue weighted by Gasteiger charge is 2.22. The summed E-state index contributed by atoms with van der Waals surface area (Å²) in [6.45, 7) is 10.7. The standard InChI is InChI=1S/C19H29ClN2O4/c1-5-25-18-16(20)8-14(9-17(18)24-4)19(23)21-10-15-12-22(6-7-26-15)11-13(2)3/h8-9,13,15H,5-7,10-12H2,1-4H3,(H,21,23). The summed E-state index contributed by atoms with van der Waals surface area (Å²) in [4.78, 5) is 14.9. The van der Waals surface area contributed by atoms with Crippen LogP contribution in [0.3, 0.4) is 0 Å². The second-order valence-electron chi connectivity index (χ2n) is 6.78. The third-order valence-corrected chi connectivity index (χ3v) is 4.40. The minimum absolute atomic E-state index is 0.00786. The van der Waals surface area contributed by atoms with E-state index in [-0.39, 0.29) is 12.0 Å². The van der Waals surface area contributed by atoms with Gasteiger partial charge in [-0.25, -0.2) is 0 Å². The van der Waals surface area contributed by atoms with Crippen molar-refractivity contribution in [1.29, 1.82) is 0 Å². The van der Waals surface area contributed by atoms with E-state index in [0.29, 0.717) is 47.8 Å². The molecule has 1 heterocycles. The van der Waals surface area contributed by atoms with Crippen LogP contribution in [-0.2, 0) is 4.74 Å². The largest absolute Gasteiger partial charge is 0.493 e. The van der Waals surface area contributed by atoms with Crippen molar-refractivity contribution in [2.24, 2.45) is 5.92 Å². The first-order chi connectivity index (χ1) is 12.4. The summed E-state index contributed by atoms with van der Waals surface area (Å²) < 4.78 is 16.5. The van der Waals surface area contributed by atoms with Crippen LogP contribution in [0.2, 0.25) is 5.02 Å². The molecule has 6 nitrogen and oxygen atoms in total. The van der Waals surface area contributed by atoms with Gasteiger partial charge in [0.15, 0.2) is 11.5 Å². The van der Waals surface area contributed by atoms with Crippen LogP contribution in [0.1, 0.15) is 31.1 Å². The maximum atomic E-state index is 12.5. The Morgan fingerprint density at radius 2 is 2.23 bits per heavy atom. The minimum atomic E-state index is -0.210. The van der Waals surface area contributed by atoms with E-state index in [1.807, 2.05) is 6.92 Å². The molecular weight excluding hydrogens is 356 g/mol. The van der Waals surface area contributed by atoms with Crippen molar-refractivity contribution in [3.05, 3.63) is 22.7 Å². The first kappa shape index (κ1) is 20.8. The normalized spacial score (nSPS) is 18.0. The fraction of sp³-hybridized carbons (Fsp3) is 0.632. The van der Waals surface area contributed by atoms with Crippen molar-refractivity contribution in [2.45, 2.75) is 26.9 Å². The Morgan fingerprint density at radius 1 is 1.46 bits per heavy atom. The summed E-state index contributed by atoms with van der Waals surface area (Å²) in [6.07, 6.45) is -0.00786. The van der Waals surface area contributed by atoms with Crippen molar-refractivity contribution in [3.8, 4) is 11.5 Å². The van der Waals surface area contributed by atoms with Gasteiger partial charge in [-0.1, -0.05) is 25.4 Å². The Hall–Kier alpha value is -1.50. The van der Waals surface area contributed by atoms with Gasteiger partial charge in [0.25, 0.3) is 5.91 Å². The van der Waals surface area contributed by atoms with Crippen LogP contribution in [0.4, 0.5) is 0 Å². The number of methoxy groups -OCH3 is 1. The molecule has 1 aliphatic heterocycles. The predicted molar refractivity (Wildman–Crippen MR) is 103 cm³/mol. The van der Waals surface area contributed by atoms with Crippen molar-refractivity contribution in [3.63, 3.8) is 0 Å². The van der Waals surface area contributed by atoms with Gasteiger partial charge in [0.05, 0.1) is 31.5 Å². The number of carbonyl (C=O) groups is 1. The predicted octanol–water partition coefficient (Wildman–Crippen LogP) is 2.83. The molecule has 0 spiro atoms. The van der Waals surface area contributed by atoms with Gasteiger partial charge >= 0.3 is 0 Å². The Morgan fingerprint density at radius 3 is 2.88 bits per heavy atom. The zero-order chi connectivity index (χ0) is 19.1. The third-order valence-electron chi connectivity index (χ3n) is 4.12. The van der Waals surface area contributed by atoms with Crippen LogP contribution in [-0.4, -0.2) is 63.4 Å². The van der Waals surface area contributed by atoms with Gasteiger partial charge in [0.1, 0.15) is 0 Å². The Bertz CT molecular complexity index is 609. The Labute approximate surface area is 160 Å². The quantitative estimate of drug-likeness (QED) is 0.746. The second kappa shape index (κ2) is 10.00. The van der Waals surface area contributed by atoms with E-state index in [1.165, 1.54) is 7.11 Å². The zero-order valence-corrected chi connectivity index (χ0v) is 16.8. The van der Waals surface area contributed by atoms with E-state index in [4.69, 9.17) is 25.8 Å². The summed E-state index contributed by atoms with van der Waals surface area (Å²) in [5.41, 5.74) is 0.435. The fourth-order valence-corrected chi connectivity index (χ4v) is 3.30. The fourth-order valence-electron chi connectivity index (χ4n) is 3.03. The molecule has 1 unspecified atom stereocenters. The van der Waals surface area contributed by atoms with E-state index >= 15 is 0 Å². The number of amides is 1. The summed E-state index contributed by atoms with van der Waals surface area (Å²) >= 11 is 6.24. The molecule has 1 N–H and O–H groups in total. The molecule has 1 aromatic rings. The molecule has 0 aromatic heterocycles. The number of nitrogens with zero attached hydrogens (tertiary/aromatic N) is 1. The van der Waals surface area contributed by atoms with Gasteiger partial charge in [-0.15, -0.1) is 0 Å². The molecular formula is C19H29ClN2O4. The van der Waals surface area contributed by atoms with Crippen LogP contribution in [0, 0.1) is 5.92 Å². The highest BCUT2D eigenvalue weighted by atomic mass is 35.5. The SMILES string of the molecule is CCOc1c(Cl)cc(C(=O)NCC2CN(CC(C)C)CCO2)cc1OC. The molecule has 0 aliphatic carbocycles. The van der Waals surface area contributed by atoms with Crippen LogP contribution in [0.5, 0.6) is 11.5 Å². The molecule has 1 atom stereocenters. The minimum Gasteiger partial charge on any atom is -0.493 e. The molecule has 7 heteroatoms.